The molecule has 2 bridgehead atoms. The van der Waals surface area contributed by atoms with Crippen LogP contribution in [0, 0.1) is 0 Å². The maximum absolute atomic E-state index is 14.3. The lowest BCUT2D eigenvalue weighted by Gasteiger charge is -2.50. The molecule has 3 fully saturated rings. The van der Waals surface area contributed by atoms with Gasteiger partial charge in [0.2, 0.25) is 5.43 Å². The first-order valence-corrected chi connectivity index (χ1v) is 19.6. The highest BCUT2D eigenvalue weighted by Gasteiger charge is 2.37. The lowest BCUT2D eigenvalue weighted by Crippen LogP contribution is -2.67. The van der Waals surface area contributed by atoms with Crippen LogP contribution in [0.15, 0.2) is 71.7 Å². The van der Waals surface area contributed by atoms with Crippen LogP contribution in [0.5, 0.6) is 17.2 Å². The molecule has 1 amide bonds. The summed E-state index contributed by atoms with van der Waals surface area (Å²) in [6.07, 6.45) is 7.56. The second-order valence-corrected chi connectivity index (χ2v) is 14.6. The number of quaternary nitrogens is 1. The molecule has 7 rings (SSSR count). The first-order chi connectivity index (χ1) is 25.7. The van der Waals surface area contributed by atoms with Crippen LogP contribution < -0.4 is 29.4 Å². The zero-order chi connectivity index (χ0) is 37.4. The van der Waals surface area contributed by atoms with Crippen molar-refractivity contribution in [1.82, 2.24) is 9.47 Å². The maximum Gasteiger partial charge on any atom is 0.263 e. The first kappa shape index (κ1) is 38.2. The van der Waals surface area contributed by atoms with E-state index in [-0.39, 0.29) is 16.9 Å². The van der Waals surface area contributed by atoms with Crippen molar-refractivity contribution < 1.29 is 23.5 Å². The molecule has 3 aromatic carbocycles. The number of ether oxygens (including phenoxy) is 3. The summed E-state index contributed by atoms with van der Waals surface area (Å²) in [5.41, 5.74) is 2.80. The number of aromatic nitrogens is 1. The Balaban J connectivity index is 1.23. The van der Waals surface area contributed by atoms with Crippen molar-refractivity contribution >= 4 is 28.2 Å². The van der Waals surface area contributed by atoms with Gasteiger partial charge in [-0.05, 0) is 70.4 Å². The number of fused-ring (bicyclic) bond motifs is 4. The Morgan fingerprint density at radius 3 is 2.08 bits per heavy atom. The van der Waals surface area contributed by atoms with Crippen molar-refractivity contribution in [3.63, 3.8) is 0 Å². The summed E-state index contributed by atoms with van der Waals surface area (Å²) in [5.74, 6) is 1.60. The number of anilines is 2. The Morgan fingerprint density at radius 1 is 0.755 bits per heavy atom. The molecule has 284 valence electrons. The molecule has 10 nitrogen and oxygen atoms in total. The van der Waals surface area contributed by atoms with Gasteiger partial charge in [0.25, 0.3) is 5.91 Å². The van der Waals surface area contributed by atoms with Gasteiger partial charge in [-0.2, -0.15) is 0 Å². The number of rotatable bonds is 18. The van der Waals surface area contributed by atoms with E-state index in [4.69, 9.17) is 14.2 Å². The lowest BCUT2D eigenvalue weighted by atomic mass is 10.1. The highest BCUT2D eigenvalue weighted by atomic mass is 16.5. The molecule has 0 N–H and O–H groups in total. The summed E-state index contributed by atoms with van der Waals surface area (Å²) in [6, 6.07) is 19.0. The van der Waals surface area contributed by atoms with Crippen molar-refractivity contribution in [3.05, 3.63) is 82.6 Å². The normalized spacial score (nSPS) is 17.9. The molecule has 0 atom stereocenters. The van der Waals surface area contributed by atoms with E-state index in [2.05, 4.69) is 4.90 Å². The summed E-state index contributed by atoms with van der Waals surface area (Å²) in [5, 5.41) is 0.433. The zero-order valence-electron chi connectivity index (χ0n) is 32.4. The molecule has 3 aliphatic heterocycles. The molecule has 1 aromatic heterocycles. The molecule has 0 saturated carbocycles. The number of carbonyl (C=O) groups is 1. The Kier molecular flexibility index (Phi) is 12.6. The fourth-order valence-corrected chi connectivity index (χ4v) is 7.82. The summed E-state index contributed by atoms with van der Waals surface area (Å²) >= 11 is 0. The minimum atomic E-state index is -0.363. The van der Waals surface area contributed by atoms with E-state index in [1.165, 1.54) is 69.6 Å². The molecule has 4 heterocycles. The van der Waals surface area contributed by atoms with Gasteiger partial charge in [-0.25, -0.2) is 0 Å². The van der Waals surface area contributed by atoms with Crippen LogP contribution in [0.4, 0.5) is 11.4 Å². The lowest BCUT2D eigenvalue weighted by molar-refractivity contribution is -0.941. The van der Waals surface area contributed by atoms with E-state index in [1.54, 1.807) is 17.2 Å². The molecule has 0 unspecified atom stereocenters. The van der Waals surface area contributed by atoms with Crippen molar-refractivity contribution in [1.29, 1.82) is 0 Å². The van der Waals surface area contributed by atoms with E-state index in [1.807, 2.05) is 98.9 Å². The number of hydrogen-bond donors (Lipinski definition) is 0. The van der Waals surface area contributed by atoms with Crippen LogP contribution in [-0.2, 0) is 0 Å². The maximum atomic E-state index is 14.3. The molecular weight excluding hydrogens is 667 g/mol. The van der Waals surface area contributed by atoms with Crippen LogP contribution in [0.1, 0.15) is 63.2 Å². The van der Waals surface area contributed by atoms with Gasteiger partial charge in [-0.15, -0.1) is 0 Å². The minimum Gasteiger partial charge on any atom is -0.494 e. The van der Waals surface area contributed by atoms with Crippen LogP contribution in [0.3, 0.4) is 0 Å². The van der Waals surface area contributed by atoms with Gasteiger partial charge < -0.3 is 33.1 Å². The SMILES string of the molecule is CCOc1cc(OCC)cc(-n2cc(C(=O)N(CC)c3cccc(N(C)C)c3)c(=O)c3ccc(OCCCCCCC[N+]45CCN(CC4)CC5)cc32)c1. The van der Waals surface area contributed by atoms with Gasteiger partial charge in [0.15, 0.2) is 0 Å². The monoisotopic (exact) mass is 724 g/mol. The predicted molar refractivity (Wildman–Crippen MR) is 215 cm³/mol. The van der Waals surface area contributed by atoms with Gasteiger partial charge >= 0.3 is 0 Å². The van der Waals surface area contributed by atoms with Crippen LogP contribution in [-0.4, -0.2) is 106 Å². The number of unbranched alkanes of at least 4 members (excludes halogenated alkanes) is 4. The number of piperazine rings is 3. The van der Waals surface area contributed by atoms with E-state index in [0.29, 0.717) is 60.2 Å². The quantitative estimate of drug-likeness (QED) is 0.0809. The second-order valence-electron chi connectivity index (χ2n) is 14.6. The number of pyridine rings is 1. The van der Waals surface area contributed by atoms with E-state index in [9.17, 15) is 9.59 Å². The van der Waals surface area contributed by atoms with Crippen LogP contribution in [0.2, 0.25) is 0 Å². The fraction of sp³-hybridized carbons (Fsp3) is 0.488. The Morgan fingerprint density at radius 2 is 1.42 bits per heavy atom. The third-order valence-electron chi connectivity index (χ3n) is 10.9. The standard InChI is InChI=1S/C43H58N5O5/c1-6-46(34-16-14-15-33(27-34)44(4)5)43(50)40-32-47(35-28-37(51-7-2)30-38(29-35)52-8-3)41-31-36(17-18-39(41)42(40)49)53-26-13-11-9-10-12-22-48-23-19-45(20-24-48)21-25-48/h14-18,27-32H,6-13,19-26H2,1-5H3/q+1. The Bertz CT molecular complexity index is 1880. The van der Waals surface area contributed by atoms with E-state index in [0.717, 1.165) is 24.2 Å². The minimum absolute atomic E-state index is 0.0791. The molecule has 0 radical (unpaired) electrons. The highest BCUT2D eigenvalue weighted by molar-refractivity contribution is 6.07. The van der Waals surface area contributed by atoms with Gasteiger partial charge in [0.05, 0.1) is 57.2 Å². The summed E-state index contributed by atoms with van der Waals surface area (Å²) in [6.45, 7) is 16.9. The molecule has 10 heteroatoms. The average molecular weight is 725 g/mol. The van der Waals surface area contributed by atoms with E-state index >= 15 is 0 Å². The number of amides is 1. The molecule has 4 aromatic rings. The second kappa shape index (κ2) is 17.5. The fourth-order valence-electron chi connectivity index (χ4n) is 7.82. The van der Waals surface area contributed by atoms with Crippen molar-refractivity contribution in [2.75, 3.05) is 96.1 Å². The van der Waals surface area contributed by atoms with Gasteiger partial charge in [-0.3, -0.25) is 14.5 Å². The van der Waals surface area contributed by atoms with Crippen molar-refractivity contribution in [3.8, 4) is 22.9 Å². The van der Waals surface area contributed by atoms with Crippen molar-refractivity contribution in [2.24, 2.45) is 0 Å². The highest BCUT2D eigenvalue weighted by Crippen LogP contribution is 2.30. The van der Waals surface area contributed by atoms with Gasteiger partial charge in [0.1, 0.15) is 22.8 Å². The van der Waals surface area contributed by atoms with Crippen LogP contribution >= 0.6 is 0 Å². The zero-order valence-corrected chi connectivity index (χ0v) is 32.4. The number of benzene rings is 3. The van der Waals surface area contributed by atoms with Gasteiger partial charge in [0, 0.05) is 87.5 Å². The molecular formula is C43H58N5O5+. The summed E-state index contributed by atoms with van der Waals surface area (Å²) in [4.78, 5) is 34.8. The smallest absolute Gasteiger partial charge is 0.263 e. The third kappa shape index (κ3) is 8.99. The molecule has 0 spiro atoms. The molecule has 53 heavy (non-hydrogen) atoms. The molecule has 0 aliphatic carbocycles. The van der Waals surface area contributed by atoms with E-state index < -0.39 is 0 Å². The molecule has 3 saturated heterocycles. The third-order valence-corrected chi connectivity index (χ3v) is 10.9. The topological polar surface area (TPSA) is 76.5 Å². The predicted octanol–water partition coefficient (Wildman–Crippen LogP) is 7.00. The number of carbonyl (C=O) groups excluding carboxylic acids is 1. The largest absolute Gasteiger partial charge is 0.494 e. The Labute approximate surface area is 315 Å². The van der Waals surface area contributed by atoms with Crippen molar-refractivity contribution in [2.45, 2.75) is 52.9 Å². The van der Waals surface area contributed by atoms with Crippen LogP contribution in [0.25, 0.3) is 16.6 Å². The number of nitrogens with zero attached hydrogens (tertiary/aromatic N) is 5. The van der Waals surface area contributed by atoms with Gasteiger partial charge in [-0.1, -0.05) is 18.9 Å². The summed E-state index contributed by atoms with van der Waals surface area (Å²) in [7, 11) is 3.93. The molecule has 3 aliphatic rings. The Hall–Kier alpha value is -4.54. The summed E-state index contributed by atoms with van der Waals surface area (Å²) < 4.78 is 21.3. The average Bonchev–Trinajstić information content (AvgIpc) is 3.17. The first-order valence-electron chi connectivity index (χ1n) is 19.6. The number of hydrogen-bond acceptors (Lipinski definition) is 7.